The predicted octanol–water partition coefficient (Wildman–Crippen LogP) is 3.57. The van der Waals surface area contributed by atoms with Crippen molar-refractivity contribution in [3.05, 3.63) is 33.5 Å². The van der Waals surface area contributed by atoms with E-state index in [1.54, 1.807) is 6.92 Å². The highest BCUT2D eigenvalue weighted by molar-refractivity contribution is 7.18. The number of rotatable bonds is 7. The van der Waals surface area contributed by atoms with Crippen LogP contribution in [-0.2, 0) is 27.0 Å². The molecule has 1 N–H and O–H groups in total. The highest BCUT2D eigenvalue weighted by Crippen LogP contribution is 2.34. The zero-order valence-electron chi connectivity index (χ0n) is 16.7. The van der Waals surface area contributed by atoms with Gasteiger partial charge in [-0.1, -0.05) is 6.92 Å². The lowest BCUT2D eigenvalue weighted by molar-refractivity contribution is -0.141. The van der Waals surface area contributed by atoms with Crippen LogP contribution < -0.4 is 5.32 Å². The van der Waals surface area contributed by atoms with Gasteiger partial charge in [-0.2, -0.15) is 18.3 Å². The third-order valence-corrected chi connectivity index (χ3v) is 5.16. The summed E-state index contributed by atoms with van der Waals surface area (Å²) in [6.45, 7) is 4.32. The van der Waals surface area contributed by atoms with E-state index in [0.717, 1.165) is 22.1 Å². The number of halogens is 3. The molecular weight excluding hydrogens is 427 g/mol. The van der Waals surface area contributed by atoms with Crippen LogP contribution in [0.4, 0.5) is 18.2 Å². The molecule has 2 rings (SSSR count). The first-order chi connectivity index (χ1) is 14.0. The second kappa shape index (κ2) is 9.28. The highest BCUT2D eigenvalue weighted by atomic mass is 32.1. The molecule has 2 aromatic heterocycles. The molecule has 30 heavy (non-hydrogen) atoms. The summed E-state index contributed by atoms with van der Waals surface area (Å²) in [5.41, 5.74) is -0.706. The Hall–Kier alpha value is -2.89. The Morgan fingerprint density at radius 2 is 1.90 bits per heavy atom. The largest absolute Gasteiger partial charge is 0.465 e. The van der Waals surface area contributed by atoms with Crippen LogP contribution in [-0.4, -0.2) is 41.3 Å². The van der Waals surface area contributed by atoms with E-state index >= 15 is 0 Å². The second-order valence-corrected chi connectivity index (χ2v) is 7.28. The Kier molecular flexibility index (Phi) is 7.24. The molecular formula is C18H20F3N3O5S. The van der Waals surface area contributed by atoms with E-state index in [4.69, 9.17) is 4.74 Å². The minimum Gasteiger partial charge on any atom is -0.465 e. The summed E-state index contributed by atoms with van der Waals surface area (Å²) in [6.07, 6.45) is -4.07. The summed E-state index contributed by atoms with van der Waals surface area (Å²) >= 11 is 0.816. The van der Waals surface area contributed by atoms with Crippen LogP contribution in [0.5, 0.6) is 0 Å². The standard InChI is InChI=1S/C18H20F3N3O5S/c1-5-6-29-16(26)13-10(3)14(17(27)28-4)30-15(13)22-12(25)8-24-9(2)7-11(23-24)18(19,20)21/h7H,5-6,8H2,1-4H3,(H,22,25). The van der Waals surface area contributed by atoms with E-state index in [1.165, 1.54) is 21.0 Å². The number of ether oxygens (including phenoxy) is 2. The Morgan fingerprint density at radius 1 is 1.23 bits per heavy atom. The smallest absolute Gasteiger partial charge is 0.435 e. The zero-order chi connectivity index (χ0) is 22.6. The summed E-state index contributed by atoms with van der Waals surface area (Å²) in [5, 5.41) is 5.90. The average Bonchev–Trinajstić information content (AvgIpc) is 3.19. The first-order valence-electron chi connectivity index (χ1n) is 8.79. The molecule has 0 aliphatic carbocycles. The predicted molar refractivity (Wildman–Crippen MR) is 102 cm³/mol. The van der Waals surface area contributed by atoms with Crippen molar-refractivity contribution in [3.63, 3.8) is 0 Å². The van der Waals surface area contributed by atoms with Crippen LogP contribution >= 0.6 is 11.3 Å². The number of aromatic nitrogens is 2. The number of methoxy groups -OCH3 is 1. The number of nitrogens with one attached hydrogen (secondary N) is 1. The second-order valence-electron chi connectivity index (χ2n) is 6.26. The molecule has 0 saturated carbocycles. The zero-order valence-corrected chi connectivity index (χ0v) is 17.5. The van der Waals surface area contributed by atoms with Gasteiger partial charge in [0.2, 0.25) is 5.91 Å². The molecule has 1 amide bonds. The molecule has 12 heteroatoms. The van der Waals surface area contributed by atoms with Crippen molar-refractivity contribution in [2.75, 3.05) is 19.0 Å². The Morgan fingerprint density at radius 3 is 2.43 bits per heavy atom. The van der Waals surface area contributed by atoms with E-state index in [-0.39, 0.29) is 33.3 Å². The van der Waals surface area contributed by atoms with Gasteiger partial charge in [-0.15, -0.1) is 11.3 Å². The third-order valence-electron chi connectivity index (χ3n) is 3.98. The summed E-state index contributed by atoms with van der Waals surface area (Å²) in [4.78, 5) is 36.9. The van der Waals surface area contributed by atoms with Gasteiger partial charge in [0.15, 0.2) is 5.69 Å². The molecule has 0 aromatic carbocycles. The molecule has 0 aliphatic heterocycles. The van der Waals surface area contributed by atoms with E-state index in [0.29, 0.717) is 6.42 Å². The lowest BCUT2D eigenvalue weighted by Gasteiger charge is -2.08. The van der Waals surface area contributed by atoms with Crippen molar-refractivity contribution in [3.8, 4) is 0 Å². The average molecular weight is 447 g/mol. The molecule has 0 unspecified atom stereocenters. The first-order valence-corrected chi connectivity index (χ1v) is 9.61. The minimum absolute atomic E-state index is 0.00429. The van der Waals surface area contributed by atoms with Crippen LogP contribution in [0.1, 0.15) is 50.3 Å². The first kappa shape index (κ1) is 23.4. The van der Waals surface area contributed by atoms with E-state index < -0.39 is 36.3 Å². The third kappa shape index (κ3) is 5.17. The molecule has 0 bridgehead atoms. The van der Waals surface area contributed by atoms with Crippen LogP contribution in [0.2, 0.25) is 0 Å². The number of hydrogen-bond donors (Lipinski definition) is 1. The van der Waals surface area contributed by atoms with Gasteiger partial charge in [0.25, 0.3) is 0 Å². The molecule has 0 atom stereocenters. The van der Waals surface area contributed by atoms with Gasteiger partial charge in [-0.25, -0.2) is 9.59 Å². The Bertz CT molecular complexity index is 965. The molecule has 0 fully saturated rings. The summed E-state index contributed by atoms with van der Waals surface area (Å²) in [5.74, 6) is -2.15. The number of thiophene rings is 1. The van der Waals surface area contributed by atoms with Gasteiger partial charge in [-0.05, 0) is 31.9 Å². The van der Waals surface area contributed by atoms with Crippen molar-refractivity contribution in [1.29, 1.82) is 0 Å². The van der Waals surface area contributed by atoms with Crippen molar-refractivity contribution < 1.29 is 37.0 Å². The summed E-state index contributed by atoms with van der Waals surface area (Å²) in [6, 6.07) is 0.825. The van der Waals surface area contributed by atoms with Gasteiger partial charge in [0.1, 0.15) is 16.4 Å². The van der Waals surface area contributed by atoms with Crippen molar-refractivity contribution in [2.24, 2.45) is 0 Å². The molecule has 0 aliphatic rings. The number of anilines is 1. The lowest BCUT2D eigenvalue weighted by atomic mass is 10.1. The summed E-state index contributed by atoms with van der Waals surface area (Å²) < 4.78 is 49.1. The number of esters is 2. The number of alkyl halides is 3. The number of carbonyl (C=O) groups excluding carboxylic acids is 3. The van der Waals surface area contributed by atoms with Crippen LogP contribution in [0, 0.1) is 13.8 Å². The summed E-state index contributed by atoms with van der Waals surface area (Å²) in [7, 11) is 1.17. The molecule has 8 nitrogen and oxygen atoms in total. The van der Waals surface area contributed by atoms with Crippen molar-refractivity contribution in [2.45, 2.75) is 39.9 Å². The molecule has 0 saturated heterocycles. The maximum Gasteiger partial charge on any atom is 0.435 e. The monoisotopic (exact) mass is 447 g/mol. The van der Waals surface area contributed by atoms with Gasteiger partial charge >= 0.3 is 18.1 Å². The van der Waals surface area contributed by atoms with Gasteiger partial charge in [-0.3, -0.25) is 9.48 Å². The van der Waals surface area contributed by atoms with E-state index in [1.807, 2.05) is 0 Å². The number of amides is 1. The molecule has 0 radical (unpaired) electrons. The van der Waals surface area contributed by atoms with E-state index in [9.17, 15) is 27.6 Å². The molecule has 0 spiro atoms. The SMILES string of the molecule is CCCOC(=O)c1c(NC(=O)Cn2nc(C(F)(F)F)cc2C)sc(C(=O)OC)c1C. The van der Waals surface area contributed by atoms with Gasteiger partial charge in [0.05, 0.1) is 19.3 Å². The van der Waals surface area contributed by atoms with Crippen molar-refractivity contribution >= 4 is 34.2 Å². The van der Waals surface area contributed by atoms with Crippen LogP contribution in [0.15, 0.2) is 6.07 Å². The maximum absolute atomic E-state index is 12.8. The van der Waals surface area contributed by atoms with Crippen LogP contribution in [0.25, 0.3) is 0 Å². The van der Waals surface area contributed by atoms with Crippen molar-refractivity contribution in [1.82, 2.24) is 9.78 Å². The van der Waals surface area contributed by atoms with Gasteiger partial charge in [0, 0.05) is 5.69 Å². The van der Waals surface area contributed by atoms with E-state index in [2.05, 4.69) is 15.2 Å². The lowest BCUT2D eigenvalue weighted by Crippen LogP contribution is -2.21. The van der Waals surface area contributed by atoms with Gasteiger partial charge < -0.3 is 14.8 Å². The quantitative estimate of drug-likeness (QED) is 0.652. The Balaban J connectivity index is 2.30. The fraction of sp³-hybridized carbons (Fsp3) is 0.444. The number of hydrogen-bond acceptors (Lipinski definition) is 7. The molecule has 164 valence electrons. The maximum atomic E-state index is 12.8. The number of nitrogens with zero attached hydrogens (tertiary/aromatic N) is 2. The fourth-order valence-corrected chi connectivity index (χ4v) is 3.64. The highest BCUT2D eigenvalue weighted by Gasteiger charge is 2.34. The molecule has 2 heterocycles. The Labute approximate surface area is 174 Å². The molecule has 2 aromatic rings. The minimum atomic E-state index is -4.64. The topological polar surface area (TPSA) is 99.5 Å². The number of carbonyl (C=O) groups is 3. The normalized spacial score (nSPS) is 11.3. The number of aryl methyl sites for hydroxylation is 1. The fourth-order valence-electron chi connectivity index (χ4n) is 2.51. The van der Waals surface area contributed by atoms with Crippen LogP contribution in [0.3, 0.4) is 0 Å².